The highest BCUT2D eigenvalue weighted by Gasteiger charge is 2.34. The van der Waals surface area contributed by atoms with E-state index in [1.54, 1.807) is 13.0 Å². The van der Waals surface area contributed by atoms with Crippen molar-refractivity contribution < 1.29 is 19.1 Å². The van der Waals surface area contributed by atoms with E-state index in [1.807, 2.05) is 32.0 Å². The lowest BCUT2D eigenvalue weighted by Crippen LogP contribution is -2.42. The molecule has 0 saturated carbocycles. The first-order valence-electron chi connectivity index (χ1n) is 8.62. The molecule has 1 unspecified atom stereocenters. The summed E-state index contributed by atoms with van der Waals surface area (Å²) in [7, 11) is 1.29. The smallest absolute Gasteiger partial charge is 0.357 e. The number of carbonyl (C=O) groups excluding carboxylic acids is 3. The zero-order valence-corrected chi connectivity index (χ0v) is 16.4. The van der Waals surface area contributed by atoms with Gasteiger partial charge in [-0.3, -0.25) is 9.59 Å². The zero-order chi connectivity index (χ0) is 19.7. The molecular weight excluding hydrogens is 366 g/mol. The van der Waals surface area contributed by atoms with Crippen LogP contribution in [0.1, 0.15) is 58.0 Å². The summed E-state index contributed by atoms with van der Waals surface area (Å²) in [6, 6.07) is 6.66. The summed E-state index contributed by atoms with van der Waals surface area (Å²) in [6.45, 7) is 5.95. The van der Waals surface area contributed by atoms with Crippen molar-refractivity contribution in [2.24, 2.45) is 0 Å². The maximum Gasteiger partial charge on any atom is 0.357 e. The molecule has 1 aromatic heterocycles. The first-order chi connectivity index (χ1) is 12.8. The summed E-state index contributed by atoms with van der Waals surface area (Å²) >= 11 is 1.24. The minimum absolute atomic E-state index is 0.0642. The topological polar surface area (TPSA) is 88.6 Å². The number of ether oxygens (including phenoxy) is 1. The first kappa shape index (κ1) is 19.0. The average Bonchev–Trinajstić information content (AvgIpc) is 3.22. The van der Waals surface area contributed by atoms with E-state index in [2.05, 4.69) is 10.3 Å². The maximum absolute atomic E-state index is 12.7. The van der Waals surface area contributed by atoms with Gasteiger partial charge in [0.2, 0.25) is 5.91 Å². The molecule has 8 heteroatoms. The summed E-state index contributed by atoms with van der Waals surface area (Å²) < 4.78 is 4.76. The van der Waals surface area contributed by atoms with Crippen LogP contribution in [0.3, 0.4) is 0 Å². The summed E-state index contributed by atoms with van der Waals surface area (Å²) in [5.74, 6) is -0.981. The van der Waals surface area contributed by atoms with Gasteiger partial charge in [-0.2, -0.15) is 0 Å². The Hall–Kier alpha value is -2.74. The fraction of sp³-hybridized carbons (Fsp3) is 0.368. The van der Waals surface area contributed by atoms with Crippen LogP contribution in [0.25, 0.3) is 0 Å². The molecule has 1 aromatic carbocycles. The molecule has 3 rings (SSSR count). The number of rotatable bonds is 5. The second-order valence-electron chi connectivity index (χ2n) is 6.63. The highest BCUT2D eigenvalue weighted by Crippen LogP contribution is 2.31. The molecule has 142 valence electrons. The number of carbonyl (C=O) groups is 3. The van der Waals surface area contributed by atoms with Gasteiger partial charge in [-0.1, -0.05) is 32.0 Å². The Bertz CT molecular complexity index is 906. The summed E-state index contributed by atoms with van der Waals surface area (Å²) in [5.41, 5.74) is 1.75. The number of anilines is 1. The quantitative estimate of drug-likeness (QED) is 0.797. The van der Waals surface area contributed by atoms with Crippen LogP contribution in [0.5, 0.6) is 0 Å². The summed E-state index contributed by atoms with van der Waals surface area (Å²) in [5, 5.41) is 3.05. The van der Waals surface area contributed by atoms with Gasteiger partial charge in [-0.05, 0) is 24.5 Å². The molecule has 0 saturated heterocycles. The van der Waals surface area contributed by atoms with Crippen molar-refractivity contribution >= 4 is 34.3 Å². The minimum atomic E-state index is -0.669. The van der Waals surface area contributed by atoms with Gasteiger partial charge in [0.15, 0.2) is 10.8 Å². The standard InChI is InChI=1S/C19H21N3O4S/c1-10(2)15-14(18(25)26-4)20-19(27-15)21-16(23)11(3)22-9-12-7-5-6-8-13(12)17(22)24/h5-8,10-11H,9H2,1-4H3,(H,20,21,23). The second kappa shape index (κ2) is 7.48. The molecule has 27 heavy (non-hydrogen) atoms. The van der Waals surface area contributed by atoms with Crippen molar-refractivity contribution in [3.63, 3.8) is 0 Å². The van der Waals surface area contributed by atoms with E-state index in [9.17, 15) is 14.4 Å². The van der Waals surface area contributed by atoms with Crippen LogP contribution >= 0.6 is 11.3 Å². The third-order valence-electron chi connectivity index (χ3n) is 4.48. The normalized spacial score (nSPS) is 14.3. The van der Waals surface area contributed by atoms with E-state index in [4.69, 9.17) is 4.74 Å². The van der Waals surface area contributed by atoms with E-state index in [-0.39, 0.29) is 23.4 Å². The molecular formula is C19H21N3O4S. The lowest BCUT2D eigenvalue weighted by atomic mass is 10.1. The monoisotopic (exact) mass is 387 g/mol. The van der Waals surface area contributed by atoms with Crippen LogP contribution in [0.2, 0.25) is 0 Å². The van der Waals surface area contributed by atoms with Crippen molar-refractivity contribution in [1.82, 2.24) is 9.88 Å². The SMILES string of the molecule is COC(=O)c1nc(NC(=O)C(C)N2Cc3ccccc3C2=O)sc1C(C)C. The molecule has 0 aliphatic carbocycles. The van der Waals surface area contributed by atoms with Crippen LogP contribution in [0.15, 0.2) is 24.3 Å². The van der Waals surface area contributed by atoms with Gasteiger partial charge >= 0.3 is 5.97 Å². The van der Waals surface area contributed by atoms with E-state index in [1.165, 1.54) is 23.3 Å². The van der Waals surface area contributed by atoms with Crippen LogP contribution in [0, 0.1) is 0 Å². The van der Waals surface area contributed by atoms with E-state index in [0.717, 1.165) is 10.4 Å². The number of aromatic nitrogens is 1. The molecule has 0 spiro atoms. The number of nitrogens with zero attached hydrogens (tertiary/aromatic N) is 2. The van der Waals surface area contributed by atoms with Gasteiger partial charge in [0.1, 0.15) is 6.04 Å². The molecule has 2 heterocycles. The van der Waals surface area contributed by atoms with Crippen LogP contribution in [-0.4, -0.2) is 40.8 Å². The summed E-state index contributed by atoms with van der Waals surface area (Å²) in [6.07, 6.45) is 0. The van der Waals surface area contributed by atoms with Crippen molar-refractivity contribution in [2.45, 2.75) is 39.3 Å². The number of fused-ring (bicyclic) bond motifs is 1. The molecule has 0 fully saturated rings. The number of hydrogen-bond donors (Lipinski definition) is 1. The van der Waals surface area contributed by atoms with Gasteiger partial charge in [0.05, 0.1) is 7.11 Å². The van der Waals surface area contributed by atoms with E-state index in [0.29, 0.717) is 17.2 Å². The number of benzene rings is 1. The predicted molar refractivity (Wildman–Crippen MR) is 102 cm³/mol. The van der Waals surface area contributed by atoms with E-state index >= 15 is 0 Å². The number of amides is 2. The Morgan fingerprint density at radius 2 is 1.96 bits per heavy atom. The summed E-state index contributed by atoms with van der Waals surface area (Å²) in [4.78, 5) is 43.6. The molecule has 1 atom stereocenters. The van der Waals surface area contributed by atoms with E-state index < -0.39 is 12.0 Å². The molecule has 2 aromatic rings. The van der Waals surface area contributed by atoms with Gasteiger partial charge in [-0.25, -0.2) is 9.78 Å². The molecule has 1 aliphatic rings. The lowest BCUT2D eigenvalue weighted by Gasteiger charge is -2.22. The van der Waals surface area contributed by atoms with Crippen molar-refractivity contribution in [3.05, 3.63) is 46.0 Å². The maximum atomic E-state index is 12.7. The second-order valence-corrected chi connectivity index (χ2v) is 7.66. The Labute approximate surface area is 161 Å². The Morgan fingerprint density at radius 3 is 2.59 bits per heavy atom. The predicted octanol–water partition coefficient (Wildman–Crippen LogP) is 3.04. The third-order valence-corrected chi connectivity index (χ3v) is 5.75. The fourth-order valence-corrected chi connectivity index (χ4v) is 3.92. The van der Waals surface area contributed by atoms with Gasteiger partial charge in [0.25, 0.3) is 5.91 Å². The van der Waals surface area contributed by atoms with Crippen molar-refractivity contribution in [1.29, 1.82) is 0 Å². The molecule has 2 amide bonds. The molecule has 0 bridgehead atoms. The zero-order valence-electron chi connectivity index (χ0n) is 15.6. The fourth-order valence-electron chi connectivity index (χ4n) is 2.96. The number of esters is 1. The van der Waals surface area contributed by atoms with Crippen LogP contribution < -0.4 is 5.32 Å². The minimum Gasteiger partial charge on any atom is -0.464 e. The number of methoxy groups -OCH3 is 1. The van der Waals surface area contributed by atoms with Crippen molar-refractivity contribution in [2.75, 3.05) is 12.4 Å². The first-order valence-corrected chi connectivity index (χ1v) is 9.44. The number of thiazole rings is 1. The largest absolute Gasteiger partial charge is 0.464 e. The van der Waals surface area contributed by atoms with Gasteiger partial charge in [-0.15, -0.1) is 11.3 Å². The lowest BCUT2D eigenvalue weighted by molar-refractivity contribution is -0.120. The van der Waals surface area contributed by atoms with Crippen LogP contribution in [-0.2, 0) is 16.1 Å². The van der Waals surface area contributed by atoms with Crippen molar-refractivity contribution in [3.8, 4) is 0 Å². The molecule has 0 radical (unpaired) electrons. The highest BCUT2D eigenvalue weighted by molar-refractivity contribution is 7.16. The molecule has 1 aliphatic heterocycles. The Morgan fingerprint density at radius 1 is 1.26 bits per heavy atom. The average molecular weight is 387 g/mol. The molecule has 1 N–H and O–H groups in total. The Balaban J connectivity index is 1.76. The number of nitrogens with one attached hydrogen (secondary N) is 1. The van der Waals surface area contributed by atoms with Gasteiger partial charge < -0.3 is 15.0 Å². The van der Waals surface area contributed by atoms with Gasteiger partial charge in [0, 0.05) is 17.0 Å². The third kappa shape index (κ3) is 3.57. The molecule has 7 nitrogen and oxygen atoms in total. The number of hydrogen-bond acceptors (Lipinski definition) is 6. The highest BCUT2D eigenvalue weighted by atomic mass is 32.1. The van der Waals surface area contributed by atoms with Crippen LogP contribution in [0.4, 0.5) is 5.13 Å². The Kier molecular flexibility index (Phi) is 5.27.